The normalized spacial score (nSPS) is 23.6. The fourth-order valence-electron chi connectivity index (χ4n) is 3.93. The quantitative estimate of drug-likeness (QED) is 0.351. The molecule has 1 aliphatic rings. The number of ether oxygens (including phenoxy) is 2. The topological polar surface area (TPSA) is 38.7 Å². The van der Waals surface area contributed by atoms with E-state index < -0.39 is 24.2 Å². The molecular weight excluding hydrogens is 419 g/mol. The van der Waals surface area contributed by atoms with Crippen molar-refractivity contribution < 1.29 is 14.6 Å². The van der Waals surface area contributed by atoms with Crippen molar-refractivity contribution in [2.24, 2.45) is 0 Å². The number of hydrogen-bond acceptors (Lipinski definition) is 3. The molecule has 4 heteroatoms. The summed E-state index contributed by atoms with van der Waals surface area (Å²) in [5.74, 6) is -0.571. The van der Waals surface area contributed by atoms with Crippen molar-refractivity contribution in [1.29, 1.82) is 0 Å². The second-order valence-electron chi connectivity index (χ2n) is 8.21. The van der Waals surface area contributed by atoms with E-state index in [1.165, 1.54) is 51.8 Å². The van der Waals surface area contributed by atoms with E-state index in [0.29, 0.717) is 0 Å². The van der Waals surface area contributed by atoms with Crippen LogP contribution >= 0.6 is 0 Å². The average Bonchev–Trinajstić information content (AvgIpc) is 2.89. The molecule has 1 fully saturated rings. The molecule has 0 bridgehead atoms. The SMILES string of the molecule is CCC[CH2][Sn](/[CH]=C/C[C@@H]1OC(C)(C)O[C@@H]1CO)([CH2]CCC)[CH2]CCC. The Hall–Kier alpha value is 0.419. The van der Waals surface area contributed by atoms with Crippen molar-refractivity contribution in [3.8, 4) is 0 Å². The Kier molecular flexibility index (Phi) is 11.3. The van der Waals surface area contributed by atoms with Crippen LogP contribution in [0.2, 0.25) is 13.3 Å². The predicted octanol–water partition coefficient (Wildman–Crippen LogP) is 5.83. The van der Waals surface area contributed by atoms with Crippen LogP contribution < -0.4 is 0 Å². The van der Waals surface area contributed by atoms with Crippen LogP contribution in [0.25, 0.3) is 0 Å². The van der Waals surface area contributed by atoms with Crippen LogP contribution in [-0.4, -0.2) is 48.1 Å². The number of unbranched alkanes of at least 4 members (excludes halogenated alkanes) is 3. The zero-order valence-corrected chi connectivity index (χ0v) is 20.2. The molecule has 0 aromatic carbocycles. The molecule has 1 heterocycles. The van der Waals surface area contributed by atoms with Gasteiger partial charge in [0.05, 0.1) is 0 Å². The van der Waals surface area contributed by atoms with Crippen LogP contribution in [-0.2, 0) is 9.47 Å². The number of aliphatic hydroxyl groups excluding tert-OH is 1. The third-order valence-corrected chi connectivity index (χ3v) is 19.6. The van der Waals surface area contributed by atoms with Crippen LogP contribution in [0.4, 0.5) is 0 Å². The first kappa shape index (κ1) is 23.5. The maximum absolute atomic E-state index is 9.56. The van der Waals surface area contributed by atoms with Gasteiger partial charge in [-0.25, -0.2) is 0 Å². The zero-order chi connectivity index (χ0) is 18.8. The van der Waals surface area contributed by atoms with Crippen LogP contribution in [0.3, 0.4) is 0 Å². The summed E-state index contributed by atoms with van der Waals surface area (Å²) < 4.78 is 19.0. The molecule has 0 spiro atoms. The van der Waals surface area contributed by atoms with Crippen molar-refractivity contribution in [2.75, 3.05) is 6.61 Å². The van der Waals surface area contributed by atoms with Crippen LogP contribution in [0.5, 0.6) is 0 Å². The summed E-state index contributed by atoms with van der Waals surface area (Å²) in [4.78, 5) is 0. The van der Waals surface area contributed by atoms with Crippen LogP contribution in [0.15, 0.2) is 10.2 Å². The zero-order valence-electron chi connectivity index (χ0n) is 17.4. The predicted molar refractivity (Wildman–Crippen MR) is 110 cm³/mol. The second-order valence-corrected chi connectivity index (χ2v) is 21.2. The van der Waals surface area contributed by atoms with Gasteiger partial charge in [0.15, 0.2) is 0 Å². The fourth-order valence-corrected chi connectivity index (χ4v) is 18.4. The monoisotopic (exact) mass is 462 g/mol. The summed E-state index contributed by atoms with van der Waals surface area (Å²) in [5.41, 5.74) is 0. The van der Waals surface area contributed by atoms with Gasteiger partial charge in [0.2, 0.25) is 0 Å². The van der Waals surface area contributed by atoms with Gasteiger partial charge in [-0.1, -0.05) is 0 Å². The van der Waals surface area contributed by atoms with Gasteiger partial charge in [0.25, 0.3) is 0 Å². The van der Waals surface area contributed by atoms with E-state index in [1.807, 2.05) is 13.8 Å². The number of rotatable bonds is 13. The summed E-state index contributed by atoms with van der Waals surface area (Å²) in [7, 11) is 0. The first-order valence-corrected chi connectivity index (χ1v) is 18.3. The minimum absolute atomic E-state index is 0.0104. The molecule has 0 radical (unpaired) electrons. The third-order valence-electron chi connectivity index (χ3n) is 5.39. The van der Waals surface area contributed by atoms with Gasteiger partial charge < -0.3 is 0 Å². The molecule has 1 aliphatic heterocycles. The first-order chi connectivity index (χ1) is 11.9. The number of hydrogen-bond donors (Lipinski definition) is 1. The minimum atomic E-state index is -2.20. The van der Waals surface area contributed by atoms with Gasteiger partial charge in [-0.05, 0) is 0 Å². The molecule has 25 heavy (non-hydrogen) atoms. The van der Waals surface area contributed by atoms with Gasteiger partial charge in [0, 0.05) is 0 Å². The molecule has 1 rings (SSSR count). The van der Waals surface area contributed by atoms with E-state index >= 15 is 0 Å². The van der Waals surface area contributed by atoms with Crippen molar-refractivity contribution in [3.05, 3.63) is 10.2 Å². The van der Waals surface area contributed by atoms with Gasteiger partial charge in [-0.3, -0.25) is 0 Å². The van der Waals surface area contributed by atoms with Gasteiger partial charge in [-0.2, -0.15) is 0 Å². The Morgan fingerprint density at radius 1 is 0.880 bits per heavy atom. The Balaban J connectivity index is 2.77. The maximum atomic E-state index is 9.56. The molecule has 148 valence electrons. The molecule has 0 unspecified atom stereocenters. The molecule has 0 aromatic rings. The average molecular weight is 461 g/mol. The molecule has 3 nitrogen and oxygen atoms in total. The van der Waals surface area contributed by atoms with Gasteiger partial charge in [-0.15, -0.1) is 0 Å². The van der Waals surface area contributed by atoms with Crippen molar-refractivity contribution in [2.45, 2.75) is 111 Å². The summed E-state index contributed by atoms with van der Waals surface area (Å²) in [6.45, 7) is 10.9. The van der Waals surface area contributed by atoms with E-state index in [0.717, 1.165) is 6.42 Å². The Morgan fingerprint density at radius 3 is 1.80 bits per heavy atom. The van der Waals surface area contributed by atoms with E-state index in [1.54, 1.807) is 0 Å². The molecule has 2 atom stereocenters. The number of aliphatic hydroxyl groups is 1. The van der Waals surface area contributed by atoms with Crippen LogP contribution in [0, 0.1) is 0 Å². The molecule has 0 aliphatic carbocycles. The second kappa shape index (κ2) is 12.0. The van der Waals surface area contributed by atoms with Crippen molar-refractivity contribution >= 4 is 18.4 Å². The van der Waals surface area contributed by atoms with Gasteiger partial charge >= 0.3 is 161 Å². The van der Waals surface area contributed by atoms with Gasteiger partial charge in [0.1, 0.15) is 0 Å². The summed E-state index contributed by atoms with van der Waals surface area (Å²) in [5, 5.41) is 9.56. The van der Waals surface area contributed by atoms with E-state index in [9.17, 15) is 5.11 Å². The van der Waals surface area contributed by atoms with E-state index in [-0.39, 0.29) is 18.8 Å². The van der Waals surface area contributed by atoms with Crippen molar-refractivity contribution in [3.63, 3.8) is 0 Å². The Labute approximate surface area is 160 Å². The molecule has 0 aromatic heterocycles. The third kappa shape index (κ3) is 8.31. The van der Waals surface area contributed by atoms with Crippen LogP contribution in [0.1, 0.15) is 79.6 Å². The molecule has 1 N–H and O–H groups in total. The Morgan fingerprint density at radius 2 is 1.36 bits per heavy atom. The first-order valence-electron chi connectivity index (χ1n) is 10.6. The standard InChI is InChI=1S/C9H15O3.3C4H9.Sn/c1-4-5-7-8(6-10)12-9(2,3)11-7;3*1-3-4-2;/h1,4,7-8,10H,5-6H2,2-3H3;3*1,3-4H2,2H3;/t7-,8+;;;;/m0..../s1. The molecule has 1 saturated heterocycles. The summed E-state index contributed by atoms with van der Waals surface area (Å²) >= 11 is -2.20. The fraction of sp³-hybridized carbons (Fsp3) is 0.905. The molecule has 0 amide bonds. The van der Waals surface area contributed by atoms with Crippen molar-refractivity contribution in [1.82, 2.24) is 0 Å². The molecule has 0 saturated carbocycles. The van der Waals surface area contributed by atoms with E-state index in [2.05, 4.69) is 30.9 Å². The summed E-state index contributed by atoms with van der Waals surface area (Å²) in [6, 6.07) is 0. The summed E-state index contributed by atoms with van der Waals surface area (Å²) in [6.07, 6.45) is 11.2. The molecular formula is C21H42O3Sn. The van der Waals surface area contributed by atoms with E-state index in [4.69, 9.17) is 9.47 Å². The Bertz CT molecular complexity index is 360.